The number of nitrogens with one attached hydrogen (secondary N) is 1. The Bertz CT molecular complexity index is 451. The minimum atomic E-state index is -0.989. The van der Waals surface area contributed by atoms with E-state index in [0.29, 0.717) is 11.7 Å². The van der Waals surface area contributed by atoms with E-state index in [1.807, 2.05) is 0 Å². The number of halogens is 1. The van der Waals surface area contributed by atoms with Gasteiger partial charge in [0.15, 0.2) is 0 Å². The summed E-state index contributed by atoms with van der Waals surface area (Å²) in [5.41, 5.74) is 0.164. The lowest BCUT2D eigenvalue weighted by Crippen LogP contribution is -2.13. The maximum atomic E-state index is 10.9. The molecule has 2 unspecified atom stereocenters. The fraction of sp³-hybridized carbons (Fsp3) is 0.538. The molecule has 1 fully saturated rings. The summed E-state index contributed by atoms with van der Waals surface area (Å²) in [5.74, 6) is 0.990. The number of aromatic carboxylic acids is 1. The molecule has 98 valence electrons. The molecule has 0 saturated heterocycles. The second-order valence-corrected chi connectivity index (χ2v) is 5.42. The number of hydrogen-bond donors (Lipinski definition) is 2. The van der Waals surface area contributed by atoms with Crippen LogP contribution in [0.2, 0.25) is 5.15 Å². The van der Waals surface area contributed by atoms with Crippen LogP contribution in [0.3, 0.4) is 0 Å². The summed E-state index contributed by atoms with van der Waals surface area (Å²) in [4.78, 5) is 15.0. The third-order valence-corrected chi connectivity index (χ3v) is 3.61. The summed E-state index contributed by atoms with van der Waals surface area (Å²) in [5, 5.41) is 12.3. The number of carboxylic acid groups (broad SMARTS) is 1. The highest BCUT2D eigenvalue weighted by molar-refractivity contribution is 6.29. The Morgan fingerprint density at radius 1 is 1.56 bits per heavy atom. The van der Waals surface area contributed by atoms with E-state index in [2.05, 4.69) is 17.2 Å². The third kappa shape index (κ3) is 3.35. The van der Waals surface area contributed by atoms with Crippen molar-refractivity contribution < 1.29 is 9.90 Å². The SMILES string of the molecule is CC1CCC(CNc2cc(C(=O)O)cc(Cl)n2)C1. The average Bonchev–Trinajstić information content (AvgIpc) is 2.72. The lowest BCUT2D eigenvalue weighted by atomic mass is 10.1. The van der Waals surface area contributed by atoms with Crippen molar-refractivity contribution in [3.05, 3.63) is 22.8 Å². The van der Waals surface area contributed by atoms with E-state index in [4.69, 9.17) is 16.7 Å². The van der Waals surface area contributed by atoms with Crippen molar-refractivity contribution in [1.29, 1.82) is 0 Å². The number of anilines is 1. The molecular formula is C13H17ClN2O2. The molecule has 0 spiro atoms. The predicted octanol–water partition coefficient (Wildman–Crippen LogP) is 3.28. The van der Waals surface area contributed by atoms with Crippen LogP contribution in [0.1, 0.15) is 36.5 Å². The minimum absolute atomic E-state index is 0.164. The smallest absolute Gasteiger partial charge is 0.335 e. The highest BCUT2D eigenvalue weighted by atomic mass is 35.5. The van der Waals surface area contributed by atoms with Gasteiger partial charge in [-0.3, -0.25) is 0 Å². The van der Waals surface area contributed by atoms with E-state index in [1.54, 1.807) is 0 Å². The number of nitrogens with zero attached hydrogens (tertiary/aromatic N) is 1. The summed E-state index contributed by atoms with van der Waals surface area (Å²) < 4.78 is 0. The largest absolute Gasteiger partial charge is 0.478 e. The van der Waals surface area contributed by atoms with Crippen LogP contribution >= 0.6 is 11.6 Å². The Labute approximate surface area is 111 Å². The van der Waals surface area contributed by atoms with E-state index in [0.717, 1.165) is 12.5 Å². The highest BCUT2D eigenvalue weighted by Gasteiger charge is 2.21. The number of pyridine rings is 1. The van der Waals surface area contributed by atoms with Gasteiger partial charge in [0.2, 0.25) is 0 Å². The summed E-state index contributed by atoms with van der Waals surface area (Å²) in [7, 11) is 0. The number of rotatable bonds is 4. The third-order valence-electron chi connectivity index (χ3n) is 3.42. The molecule has 1 aliphatic rings. The average molecular weight is 269 g/mol. The standard InChI is InChI=1S/C13H17ClN2O2/c1-8-2-3-9(4-8)7-15-12-6-10(13(17)18)5-11(14)16-12/h5-6,8-9H,2-4,7H2,1H3,(H,15,16)(H,17,18). The fourth-order valence-corrected chi connectivity index (χ4v) is 2.68. The lowest BCUT2D eigenvalue weighted by Gasteiger charge is -2.12. The first-order chi connectivity index (χ1) is 8.54. The van der Waals surface area contributed by atoms with Gasteiger partial charge in [0.1, 0.15) is 11.0 Å². The number of carboxylic acids is 1. The molecule has 4 nitrogen and oxygen atoms in total. The molecule has 0 aliphatic heterocycles. The molecule has 5 heteroatoms. The normalized spacial score (nSPS) is 23.0. The molecule has 0 aromatic carbocycles. The van der Waals surface area contributed by atoms with Crippen molar-refractivity contribution in [2.45, 2.75) is 26.2 Å². The molecule has 0 bridgehead atoms. The molecule has 1 saturated carbocycles. The van der Waals surface area contributed by atoms with E-state index in [1.165, 1.54) is 31.4 Å². The van der Waals surface area contributed by atoms with Gasteiger partial charge >= 0.3 is 5.97 Å². The van der Waals surface area contributed by atoms with Gasteiger partial charge in [-0.25, -0.2) is 9.78 Å². The Morgan fingerprint density at radius 3 is 2.94 bits per heavy atom. The van der Waals surface area contributed by atoms with Crippen molar-refractivity contribution >= 4 is 23.4 Å². The molecule has 1 heterocycles. The molecule has 1 aromatic heterocycles. The molecule has 2 atom stereocenters. The molecule has 2 rings (SSSR count). The number of hydrogen-bond acceptors (Lipinski definition) is 3. The molecule has 2 N–H and O–H groups in total. The zero-order valence-electron chi connectivity index (χ0n) is 10.3. The predicted molar refractivity (Wildman–Crippen MR) is 71.2 cm³/mol. The van der Waals surface area contributed by atoms with Crippen molar-refractivity contribution in [1.82, 2.24) is 4.98 Å². The number of carbonyl (C=O) groups is 1. The molecular weight excluding hydrogens is 252 g/mol. The van der Waals surface area contributed by atoms with Crippen LogP contribution in [0.15, 0.2) is 12.1 Å². The zero-order valence-corrected chi connectivity index (χ0v) is 11.1. The van der Waals surface area contributed by atoms with Crippen LogP contribution in [0.4, 0.5) is 5.82 Å². The van der Waals surface area contributed by atoms with Crippen LogP contribution in [0.5, 0.6) is 0 Å². The van der Waals surface area contributed by atoms with Gasteiger partial charge < -0.3 is 10.4 Å². The van der Waals surface area contributed by atoms with Gasteiger partial charge in [-0.2, -0.15) is 0 Å². The Balaban J connectivity index is 1.98. The Kier molecular flexibility index (Phi) is 4.07. The van der Waals surface area contributed by atoms with Crippen LogP contribution in [-0.4, -0.2) is 22.6 Å². The first kappa shape index (κ1) is 13.1. The van der Waals surface area contributed by atoms with Gasteiger partial charge in [-0.15, -0.1) is 0 Å². The summed E-state index contributed by atoms with van der Waals surface area (Å²) >= 11 is 5.80. The van der Waals surface area contributed by atoms with E-state index >= 15 is 0 Å². The molecule has 0 radical (unpaired) electrons. The summed E-state index contributed by atoms with van der Waals surface area (Å²) in [6, 6.07) is 2.87. The first-order valence-corrected chi connectivity index (χ1v) is 6.57. The van der Waals surface area contributed by atoms with Gasteiger partial charge in [0.25, 0.3) is 0 Å². The van der Waals surface area contributed by atoms with Crippen molar-refractivity contribution in [2.24, 2.45) is 11.8 Å². The van der Waals surface area contributed by atoms with E-state index < -0.39 is 5.97 Å². The maximum Gasteiger partial charge on any atom is 0.335 e. The Hall–Kier alpha value is -1.29. The topological polar surface area (TPSA) is 62.2 Å². The van der Waals surface area contributed by atoms with Crippen LogP contribution in [-0.2, 0) is 0 Å². The zero-order chi connectivity index (χ0) is 13.1. The molecule has 0 amide bonds. The second-order valence-electron chi connectivity index (χ2n) is 5.03. The van der Waals surface area contributed by atoms with Gasteiger partial charge in [-0.1, -0.05) is 24.9 Å². The monoisotopic (exact) mass is 268 g/mol. The molecule has 1 aliphatic carbocycles. The quantitative estimate of drug-likeness (QED) is 0.823. The summed E-state index contributed by atoms with van der Waals surface area (Å²) in [6.45, 7) is 3.09. The fourth-order valence-electron chi connectivity index (χ4n) is 2.47. The maximum absolute atomic E-state index is 10.9. The van der Waals surface area contributed by atoms with Gasteiger partial charge in [0, 0.05) is 6.54 Å². The van der Waals surface area contributed by atoms with Gasteiger partial charge in [-0.05, 0) is 36.8 Å². The van der Waals surface area contributed by atoms with Crippen LogP contribution < -0.4 is 5.32 Å². The lowest BCUT2D eigenvalue weighted by molar-refractivity contribution is 0.0697. The van der Waals surface area contributed by atoms with Crippen LogP contribution in [0.25, 0.3) is 0 Å². The summed E-state index contributed by atoms with van der Waals surface area (Å²) in [6.07, 6.45) is 3.72. The number of aromatic nitrogens is 1. The highest BCUT2D eigenvalue weighted by Crippen LogP contribution is 2.30. The van der Waals surface area contributed by atoms with Crippen molar-refractivity contribution in [2.75, 3.05) is 11.9 Å². The second kappa shape index (κ2) is 5.57. The molecule has 18 heavy (non-hydrogen) atoms. The van der Waals surface area contributed by atoms with Crippen LogP contribution in [0, 0.1) is 11.8 Å². The van der Waals surface area contributed by atoms with E-state index in [9.17, 15) is 4.79 Å². The Morgan fingerprint density at radius 2 is 2.33 bits per heavy atom. The minimum Gasteiger partial charge on any atom is -0.478 e. The first-order valence-electron chi connectivity index (χ1n) is 6.19. The van der Waals surface area contributed by atoms with Crippen molar-refractivity contribution in [3.63, 3.8) is 0 Å². The van der Waals surface area contributed by atoms with Crippen molar-refractivity contribution in [3.8, 4) is 0 Å². The van der Waals surface area contributed by atoms with Gasteiger partial charge in [0.05, 0.1) is 5.56 Å². The molecule has 1 aromatic rings. The van der Waals surface area contributed by atoms with E-state index in [-0.39, 0.29) is 10.7 Å².